The van der Waals surface area contributed by atoms with E-state index < -0.39 is 0 Å². The van der Waals surface area contributed by atoms with Gasteiger partial charge in [-0.15, -0.1) is 22.9 Å². The quantitative estimate of drug-likeness (QED) is 0.741. The molecule has 1 N–H and O–H groups in total. The van der Waals surface area contributed by atoms with Gasteiger partial charge in [0.1, 0.15) is 10.7 Å². The number of thiophene rings is 1. The third-order valence-corrected chi connectivity index (χ3v) is 5.58. The number of halogens is 1. The Labute approximate surface area is 142 Å². The summed E-state index contributed by atoms with van der Waals surface area (Å²) < 4.78 is 0. The lowest BCUT2D eigenvalue weighted by Gasteiger charge is -2.26. The summed E-state index contributed by atoms with van der Waals surface area (Å²) in [6.45, 7) is 2.77. The Kier molecular flexibility index (Phi) is 3.93. The molecule has 3 aromatic rings. The maximum Gasteiger partial charge on any atom is 0.259 e. The Balaban J connectivity index is 1.66. The fourth-order valence-electron chi connectivity index (χ4n) is 3.14. The number of nitrogens with one attached hydrogen (secondary N) is 1. The molecule has 0 bridgehead atoms. The molecule has 0 spiro atoms. The minimum atomic E-state index is -0.0559. The lowest BCUT2D eigenvalue weighted by molar-refractivity contribution is 0.249. The van der Waals surface area contributed by atoms with Crippen molar-refractivity contribution in [1.29, 1.82) is 0 Å². The second kappa shape index (κ2) is 6.07. The number of H-pyrrole nitrogens is 1. The molecule has 6 heteroatoms. The highest BCUT2D eigenvalue weighted by Crippen LogP contribution is 2.32. The Morgan fingerprint density at radius 2 is 2.13 bits per heavy atom. The van der Waals surface area contributed by atoms with Gasteiger partial charge < -0.3 is 4.98 Å². The maximum atomic E-state index is 12.3. The van der Waals surface area contributed by atoms with E-state index in [1.807, 2.05) is 6.07 Å². The van der Waals surface area contributed by atoms with Crippen LogP contribution in [0.1, 0.15) is 21.8 Å². The van der Waals surface area contributed by atoms with E-state index in [1.54, 1.807) is 11.3 Å². The summed E-state index contributed by atoms with van der Waals surface area (Å²) in [6, 6.07) is 10.5. The van der Waals surface area contributed by atoms with Crippen LogP contribution in [0.25, 0.3) is 10.2 Å². The van der Waals surface area contributed by atoms with Crippen molar-refractivity contribution in [3.8, 4) is 0 Å². The first-order valence-corrected chi connectivity index (χ1v) is 8.95. The third-order valence-electron chi connectivity index (χ3n) is 4.21. The molecule has 0 saturated heterocycles. The van der Waals surface area contributed by atoms with Gasteiger partial charge in [0.15, 0.2) is 0 Å². The van der Waals surface area contributed by atoms with Gasteiger partial charge in [-0.25, -0.2) is 4.98 Å². The molecule has 2 aromatic heterocycles. The number of hydrogen-bond acceptors (Lipinski definition) is 4. The lowest BCUT2D eigenvalue weighted by atomic mass is 10.0. The second-order valence-corrected chi connectivity index (χ2v) is 7.13. The van der Waals surface area contributed by atoms with Gasteiger partial charge in [0, 0.05) is 24.5 Å². The van der Waals surface area contributed by atoms with Gasteiger partial charge in [0.05, 0.1) is 11.3 Å². The zero-order chi connectivity index (χ0) is 15.8. The average Bonchev–Trinajstić information content (AvgIpc) is 2.93. The number of alkyl halides is 1. The van der Waals surface area contributed by atoms with Crippen LogP contribution in [-0.2, 0) is 25.4 Å². The molecule has 0 amide bonds. The highest BCUT2D eigenvalue weighted by Gasteiger charge is 2.23. The molecule has 0 saturated carbocycles. The van der Waals surface area contributed by atoms with Crippen LogP contribution in [-0.4, -0.2) is 21.4 Å². The Morgan fingerprint density at radius 3 is 2.91 bits per heavy atom. The van der Waals surface area contributed by atoms with E-state index in [4.69, 9.17) is 11.6 Å². The molecule has 0 atom stereocenters. The lowest BCUT2D eigenvalue weighted by Crippen LogP contribution is -2.29. The fourth-order valence-corrected chi connectivity index (χ4v) is 4.55. The minimum Gasteiger partial charge on any atom is -0.309 e. The molecule has 1 aromatic carbocycles. The van der Waals surface area contributed by atoms with Crippen LogP contribution in [0.15, 0.2) is 35.1 Å². The standard InChI is InChI=1S/C17H16ClN3OS/c18-8-14-19-16(22)15-12-6-7-21(9-11-4-2-1-3-5-11)10-13(12)23-17(15)20-14/h1-5H,6-10H2,(H,19,20,22). The maximum absolute atomic E-state index is 12.3. The molecule has 0 aliphatic carbocycles. The van der Waals surface area contributed by atoms with Crippen molar-refractivity contribution in [2.75, 3.05) is 6.54 Å². The van der Waals surface area contributed by atoms with Crippen molar-refractivity contribution in [2.24, 2.45) is 0 Å². The monoisotopic (exact) mass is 345 g/mol. The molecule has 4 rings (SSSR count). The van der Waals surface area contributed by atoms with Crippen molar-refractivity contribution < 1.29 is 0 Å². The van der Waals surface area contributed by atoms with E-state index in [2.05, 4.69) is 39.1 Å². The van der Waals surface area contributed by atoms with Gasteiger partial charge in [-0.2, -0.15) is 0 Å². The Hall–Kier alpha value is -1.69. The smallest absolute Gasteiger partial charge is 0.259 e. The van der Waals surface area contributed by atoms with Crippen molar-refractivity contribution in [3.63, 3.8) is 0 Å². The third kappa shape index (κ3) is 2.80. The molecule has 1 aliphatic heterocycles. The number of benzene rings is 1. The van der Waals surface area contributed by atoms with Gasteiger partial charge in [-0.3, -0.25) is 9.69 Å². The van der Waals surface area contributed by atoms with Crippen LogP contribution >= 0.6 is 22.9 Å². The predicted octanol–water partition coefficient (Wildman–Crippen LogP) is 3.28. The first-order valence-electron chi connectivity index (χ1n) is 7.60. The van der Waals surface area contributed by atoms with Crippen LogP contribution in [0, 0.1) is 0 Å². The molecule has 0 radical (unpaired) electrons. The van der Waals surface area contributed by atoms with Crippen molar-refractivity contribution >= 4 is 33.2 Å². The Morgan fingerprint density at radius 1 is 1.30 bits per heavy atom. The first kappa shape index (κ1) is 14.9. The molecule has 0 unspecified atom stereocenters. The number of fused-ring (bicyclic) bond motifs is 3. The van der Waals surface area contributed by atoms with Crippen LogP contribution in [0.3, 0.4) is 0 Å². The van der Waals surface area contributed by atoms with E-state index >= 15 is 0 Å². The molecule has 0 fully saturated rings. The van der Waals surface area contributed by atoms with Crippen molar-refractivity contribution in [2.45, 2.75) is 25.4 Å². The molecular weight excluding hydrogens is 330 g/mol. The largest absolute Gasteiger partial charge is 0.309 e. The SMILES string of the molecule is O=c1[nH]c(CCl)nc2sc3c(c12)CCN(Cc1ccccc1)C3. The molecule has 3 heterocycles. The van der Waals surface area contributed by atoms with Gasteiger partial charge in [0.2, 0.25) is 0 Å². The molecular formula is C17H16ClN3OS. The molecule has 1 aliphatic rings. The minimum absolute atomic E-state index is 0.0559. The van der Waals surface area contributed by atoms with E-state index in [0.717, 1.165) is 36.3 Å². The number of rotatable bonds is 3. The van der Waals surface area contributed by atoms with E-state index in [0.29, 0.717) is 5.82 Å². The molecule has 23 heavy (non-hydrogen) atoms. The normalized spacial score (nSPS) is 15.0. The summed E-state index contributed by atoms with van der Waals surface area (Å²) >= 11 is 7.43. The summed E-state index contributed by atoms with van der Waals surface area (Å²) in [5.74, 6) is 0.775. The first-order chi connectivity index (χ1) is 11.2. The Bertz CT molecular complexity index is 903. The summed E-state index contributed by atoms with van der Waals surface area (Å²) in [5.41, 5.74) is 2.43. The highest BCUT2D eigenvalue weighted by molar-refractivity contribution is 7.18. The average molecular weight is 346 g/mol. The highest BCUT2D eigenvalue weighted by atomic mass is 35.5. The summed E-state index contributed by atoms with van der Waals surface area (Å²) in [7, 11) is 0. The second-order valence-electron chi connectivity index (χ2n) is 5.78. The van der Waals surface area contributed by atoms with E-state index in [9.17, 15) is 4.79 Å². The summed E-state index contributed by atoms with van der Waals surface area (Å²) in [4.78, 5) is 24.1. The van der Waals surface area contributed by atoms with Gasteiger partial charge in [0.25, 0.3) is 5.56 Å². The van der Waals surface area contributed by atoms with Crippen LogP contribution in [0.4, 0.5) is 0 Å². The molecule has 4 nitrogen and oxygen atoms in total. The van der Waals surface area contributed by atoms with Crippen LogP contribution < -0.4 is 5.56 Å². The van der Waals surface area contributed by atoms with Crippen molar-refractivity contribution in [3.05, 3.63) is 62.5 Å². The zero-order valence-corrected chi connectivity index (χ0v) is 14.1. The van der Waals surface area contributed by atoms with Crippen LogP contribution in [0.5, 0.6) is 0 Å². The van der Waals surface area contributed by atoms with Gasteiger partial charge in [-0.05, 0) is 17.5 Å². The number of nitrogens with zero attached hydrogens (tertiary/aromatic N) is 2. The van der Waals surface area contributed by atoms with Crippen molar-refractivity contribution in [1.82, 2.24) is 14.9 Å². The topological polar surface area (TPSA) is 49.0 Å². The number of hydrogen-bond donors (Lipinski definition) is 1. The van der Waals surface area contributed by atoms with Crippen LogP contribution in [0.2, 0.25) is 0 Å². The zero-order valence-electron chi connectivity index (χ0n) is 12.5. The predicted molar refractivity (Wildman–Crippen MR) is 94.1 cm³/mol. The van der Waals surface area contributed by atoms with E-state index in [-0.39, 0.29) is 11.4 Å². The number of aromatic nitrogens is 2. The summed E-state index contributed by atoms with van der Waals surface area (Å²) in [5, 5.41) is 0.762. The number of aromatic amines is 1. The van der Waals surface area contributed by atoms with Gasteiger partial charge >= 0.3 is 0 Å². The van der Waals surface area contributed by atoms with E-state index in [1.165, 1.54) is 16.0 Å². The van der Waals surface area contributed by atoms with Gasteiger partial charge in [-0.1, -0.05) is 30.3 Å². The fraction of sp³-hybridized carbons (Fsp3) is 0.294. The summed E-state index contributed by atoms with van der Waals surface area (Å²) in [6.07, 6.45) is 0.896. The molecule has 118 valence electrons.